The number of pyridine rings is 1. The minimum absolute atomic E-state index is 0.0933. The number of ether oxygens (including phenoxy) is 1. The first-order chi connectivity index (χ1) is 7.81. The van der Waals surface area contributed by atoms with Gasteiger partial charge in [0, 0.05) is 11.9 Å². The SMILES string of the molecule is CCOC(=O)CC1CCCc2ncccc21. The van der Waals surface area contributed by atoms with E-state index in [9.17, 15) is 4.79 Å². The van der Waals surface area contributed by atoms with Crippen molar-refractivity contribution in [3.8, 4) is 0 Å². The number of hydrogen-bond acceptors (Lipinski definition) is 3. The molecule has 0 amide bonds. The standard InChI is InChI=1S/C13H17NO2/c1-2-16-13(15)9-10-5-3-7-12-11(10)6-4-8-14-12/h4,6,8,10H,2-3,5,7,9H2,1H3. The van der Waals surface area contributed by atoms with Gasteiger partial charge in [0.05, 0.1) is 13.0 Å². The third-order valence-corrected chi connectivity index (χ3v) is 3.05. The van der Waals surface area contributed by atoms with Crippen LogP contribution < -0.4 is 0 Å². The van der Waals surface area contributed by atoms with E-state index < -0.39 is 0 Å². The second-order valence-electron chi connectivity index (χ2n) is 4.14. The van der Waals surface area contributed by atoms with Crippen molar-refractivity contribution in [1.82, 2.24) is 4.98 Å². The fraction of sp³-hybridized carbons (Fsp3) is 0.538. The molecule has 1 aromatic rings. The van der Waals surface area contributed by atoms with Crippen LogP contribution in [0.5, 0.6) is 0 Å². The molecular weight excluding hydrogens is 202 g/mol. The van der Waals surface area contributed by atoms with E-state index in [0.29, 0.717) is 18.9 Å². The van der Waals surface area contributed by atoms with Crippen molar-refractivity contribution < 1.29 is 9.53 Å². The molecule has 0 aliphatic heterocycles. The van der Waals surface area contributed by atoms with Gasteiger partial charge >= 0.3 is 5.97 Å². The molecule has 0 N–H and O–H groups in total. The molecule has 1 atom stereocenters. The van der Waals surface area contributed by atoms with E-state index in [1.54, 1.807) is 0 Å². The number of aryl methyl sites for hydroxylation is 1. The summed E-state index contributed by atoms with van der Waals surface area (Å²) in [6.45, 7) is 2.31. The molecule has 86 valence electrons. The number of rotatable bonds is 3. The van der Waals surface area contributed by atoms with Crippen LogP contribution in [-0.2, 0) is 16.0 Å². The first-order valence-corrected chi connectivity index (χ1v) is 5.90. The van der Waals surface area contributed by atoms with Crippen LogP contribution in [0.4, 0.5) is 0 Å². The molecule has 0 bridgehead atoms. The fourth-order valence-corrected chi connectivity index (χ4v) is 2.34. The van der Waals surface area contributed by atoms with Gasteiger partial charge in [-0.15, -0.1) is 0 Å². The molecule has 1 unspecified atom stereocenters. The van der Waals surface area contributed by atoms with Crippen LogP contribution >= 0.6 is 0 Å². The molecular formula is C13H17NO2. The normalized spacial score (nSPS) is 18.9. The van der Waals surface area contributed by atoms with Gasteiger partial charge in [0.1, 0.15) is 0 Å². The van der Waals surface area contributed by atoms with Gasteiger partial charge in [0.2, 0.25) is 0 Å². The van der Waals surface area contributed by atoms with Crippen LogP contribution in [-0.4, -0.2) is 17.6 Å². The van der Waals surface area contributed by atoms with E-state index in [4.69, 9.17) is 4.74 Å². The molecule has 3 heteroatoms. The molecule has 1 aliphatic carbocycles. The van der Waals surface area contributed by atoms with E-state index in [1.807, 2.05) is 19.2 Å². The smallest absolute Gasteiger partial charge is 0.306 e. The van der Waals surface area contributed by atoms with Gasteiger partial charge in [0.25, 0.3) is 0 Å². The minimum Gasteiger partial charge on any atom is -0.466 e. The second kappa shape index (κ2) is 5.10. The van der Waals surface area contributed by atoms with Crippen molar-refractivity contribution in [2.75, 3.05) is 6.61 Å². The minimum atomic E-state index is -0.0933. The number of esters is 1. The maximum Gasteiger partial charge on any atom is 0.306 e. The summed E-state index contributed by atoms with van der Waals surface area (Å²) in [6.07, 6.45) is 5.54. The lowest BCUT2D eigenvalue weighted by Crippen LogP contribution is -2.16. The summed E-state index contributed by atoms with van der Waals surface area (Å²) in [4.78, 5) is 15.8. The molecule has 1 aliphatic rings. The lowest BCUT2D eigenvalue weighted by molar-refractivity contribution is -0.143. The summed E-state index contributed by atoms with van der Waals surface area (Å²) < 4.78 is 5.00. The lowest BCUT2D eigenvalue weighted by atomic mass is 9.84. The molecule has 0 saturated heterocycles. The van der Waals surface area contributed by atoms with Crippen molar-refractivity contribution >= 4 is 5.97 Å². The lowest BCUT2D eigenvalue weighted by Gasteiger charge is -2.23. The fourth-order valence-electron chi connectivity index (χ4n) is 2.34. The summed E-state index contributed by atoms with van der Waals surface area (Å²) >= 11 is 0. The summed E-state index contributed by atoms with van der Waals surface area (Å²) in [6, 6.07) is 4.04. The van der Waals surface area contributed by atoms with Crippen LogP contribution in [0.25, 0.3) is 0 Å². The Morgan fingerprint density at radius 1 is 1.62 bits per heavy atom. The predicted molar refractivity (Wildman–Crippen MR) is 61.2 cm³/mol. The van der Waals surface area contributed by atoms with Crippen LogP contribution in [0, 0.1) is 0 Å². The molecule has 0 spiro atoms. The highest BCUT2D eigenvalue weighted by Gasteiger charge is 2.23. The Bertz CT molecular complexity index is 376. The zero-order valence-corrected chi connectivity index (χ0v) is 9.61. The van der Waals surface area contributed by atoms with E-state index in [1.165, 1.54) is 5.56 Å². The van der Waals surface area contributed by atoms with Crippen LogP contribution in [0.1, 0.15) is 43.4 Å². The van der Waals surface area contributed by atoms with Crippen LogP contribution in [0.3, 0.4) is 0 Å². The molecule has 0 fully saturated rings. The first kappa shape index (κ1) is 11.1. The van der Waals surface area contributed by atoms with Gasteiger partial charge in [-0.25, -0.2) is 0 Å². The monoisotopic (exact) mass is 219 g/mol. The van der Waals surface area contributed by atoms with Crippen LogP contribution in [0.15, 0.2) is 18.3 Å². The Hall–Kier alpha value is -1.38. The maximum atomic E-state index is 11.5. The van der Waals surface area contributed by atoms with Crippen molar-refractivity contribution in [3.63, 3.8) is 0 Å². The molecule has 1 aromatic heterocycles. The van der Waals surface area contributed by atoms with Gasteiger partial charge in [0.15, 0.2) is 0 Å². The van der Waals surface area contributed by atoms with Gasteiger partial charge in [-0.3, -0.25) is 9.78 Å². The highest BCUT2D eigenvalue weighted by atomic mass is 16.5. The van der Waals surface area contributed by atoms with E-state index in [2.05, 4.69) is 11.1 Å². The van der Waals surface area contributed by atoms with E-state index in [-0.39, 0.29) is 5.97 Å². The summed E-state index contributed by atoms with van der Waals surface area (Å²) in [7, 11) is 0. The predicted octanol–water partition coefficient (Wildman–Crippen LogP) is 2.45. The number of carbonyl (C=O) groups is 1. The number of carbonyl (C=O) groups excluding carboxylic acids is 1. The highest BCUT2D eigenvalue weighted by Crippen LogP contribution is 2.32. The first-order valence-electron chi connectivity index (χ1n) is 5.90. The molecule has 2 rings (SSSR count). The van der Waals surface area contributed by atoms with Gasteiger partial charge in [-0.05, 0) is 43.7 Å². The summed E-state index contributed by atoms with van der Waals surface area (Å²) in [5.41, 5.74) is 2.39. The summed E-state index contributed by atoms with van der Waals surface area (Å²) in [5.74, 6) is 0.209. The third-order valence-electron chi connectivity index (χ3n) is 3.05. The molecule has 3 nitrogen and oxygen atoms in total. The zero-order chi connectivity index (χ0) is 11.4. The number of nitrogens with zero attached hydrogens (tertiary/aromatic N) is 1. The highest BCUT2D eigenvalue weighted by molar-refractivity contribution is 5.70. The largest absolute Gasteiger partial charge is 0.466 e. The van der Waals surface area contributed by atoms with Gasteiger partial charge in [-0.1, -0.05) is 6.07 Å². The average molecular weight is 219 g/mol. The molecule has 0 saturated carbocycles. The van der Waals surface area contributed by atoms with E-state index >= 15 is 0 Å². The Morgan fingerprint density at radius 3 is 3.31 bits per heavy atom. The Balaban J connectivity index is 2.10. The van der Waals surface area contributed by atoms with Crippen molar-refractivity contribution in [2.24, 2.45) is 0 Å². The van der Waals surface area contributed by atoms with Crippen molar-refractivity contribution in [2.45, 2.75) is 38.5 Å². The van der Waals surface area contributed by atoms with Gasteiger partial charge in [-0.2, -0.15) is 0 Å². The maximum absolute atomic E-state index is 11.5. The topological polar surface area (TPSA) is 39.2 Å². The third kappa shape index (κ3) is 2.40. The Morgan fingerprint density at radius 2 is 2.50 bits per heavy atom. The Kier molecular flexibility index (Phi) is 3.54. The Labute approximate surface area is 95.8 Å². The van der Waals surface area contributed by atoms with E-state index in [0.717, 1.165) is 25.0 Å². The summed E-state index contributed by atoms with van der Waals surface area (Å²) in [5, 5.41) is 0. The number of aromatic nitrogens is 1. The quantitative estimate of drug-likeness (QED) is 0.733. The average Bonchev–Trinajstić information content (AvgIpc) is 2.30. The molecule has 1 heterocycles. The number of hydrogen-bond donors (Lipinski definition) is 0. The van der Waals surface area contributed by atoms with Crippen molar-refractivity contribution in [3.05, 3.63) is 29.6 Å². The van der Waals surface area contributed by atoms with Crippen molar-refractivity contribution in [1.29, 1.82) is 0 Å². The van der Waals surface area contributed by atoms with Crippen LogP contribution in [0.2, 0.25) is 0 Å². The van der Waals surface area contributed by atoms with Gasteiger partial charge < -0.3 is 4.74 Å². The zero-order valence-electron chi connectivity index (χ0n) is 9.61. The number of fused-ring (bicyclic) bond motifs is 1. The molecule has 0 aromatic carbocycles. The molecule has 0 radical (unpaired) electrons. The second-order valence-corrected chi connectivity index (χ2v) is 4.14. The molecule has 16 heavy (non-hydrogen) atoms.